The van der Waals surface area contributed by atoms with Crippen molar-refractivity contribution < 1.29 is 8.95 Å². The lowest BCUT2D eigenvalue weighted by atomic mass is 9.97. The lowest BCUT2D eigenvalue weighted by Gasteiger charge is -2.33. The van der Waals surface area contributed by atoms with E-state index in [1.807, 2.05) is 24.5 Å². The van der Waals surface area contributed by atoms with Gasteiger partial charge in [-0.25, -0.2) is 0 Å². The van der Waals surface area contributed by atoms with Crippen LogP contribution >= 0.6 is 0 Å². The van der Waals surface area contributed by atoms with E-state index in [2.05, 4.69) is 26.0 Å². The van der Waals surface area contributed by atoms with Gasteiger partial charge in [0, 0.05) is 16.6 Å². The maximum Gasteiger partial charge on any atom is 0.104 e. The van der Waals surface area contributed by atoms with Gasteiger partial charge in [0.1, 0.15) is 6.61 Å². The molecule has 122 valence electrons. The molecule has 0 aliphatic carbocycles. The topological polar surface area (TPSA) is 26.3 Å². The van der Waals surface area contributed by atoms with Gasteiger partial charge in [-0.3, -0.25) is 4.21 Å². The fraction of sp³-hybridized carbons (Fsp3) is 0.579. The first-order valence-electron chi connectivity index (χ1n) is 8.40. The van der Waals surface area contributed by atoms with E-state index in [0.29, 0.717) is 6.61 Å². The molecule has 1 fully saturated rings. The summed E-state index contributed by atoms with van der Waals surface area (Å²) in [5, 5.41) is 0. The van der Waals surface area contributed by atoms with Crippen molar-refractivity contribution in [3.05, 3.63) is 42.2 Å². The third kappa shape index (κ3) is 4.45. The maximum absolute atomic E-state index is 12.7. The first-order chi connectivity index (χ1) is 10.7. The van der Waals surface area contributed by atoms with Crippen LogP contribution in [0.4, 0.5) is 0 Å². The molecule has 0 bridgehead atoms. The molecule has 1 heterocycles. The molecule has 1 aliphatic rings. The Morgan fingerprint density at radius 1 is 1.23 bits per heavy atom. The zero-order valence-corrected chi connectivity index (χ0v) is 14.7. The first kappa shape index (κ1) is 17.3. The molecule has 1 aromatic rings. The van der Waals surface area contributed by atoms with Gasteiger partial charge in [0.15, 0.2) is 0 Å². The molecule has 3 heteroatoms. The highest BCUT2D eigenvalue weighted by Gasteiger charge is 2.35. The summed E-state index contributed by atoms with van der Waals surface area (Å²) in [5.74, 6) is 0.832. The van der Waals surface area contributed by atoms with Gasteiger partial charge in [-0.15, -0.1) is 0 Å². The van der Waals surface area contributed by atoms with E-state index in [1.165, 1.54) is 24.8 Å². The summed E-state index contributed by atoms with van der Waals surface area (Å²) in [6.07, 6.45) is 8.53. The lowest BCUT2D eigenvalue weighted by Crippen LogP contribution is -2.40. The van der Waals surface area contributed by atoms with Crippen molar-refractivity contribution in [3.8, 4) is 0 Å². The van der Waals surface area contributed by atoms with E-state index >= 15 is 0 Å². The van der Waals surface area contributed by atoms with Gasteiger partial charge in [0.25, 0.3) is 0 Å². The van der Waals surface area contributed by atoms with E-state index in [0.717, 1.165) is 30.6 Å². The zero-order valence-electron chi connectivity index (χ0n) is 13.8. The maximum atomic E-state index is 12.7. The molecular weight excluding hydrogens is 292 g/mol. The Hall–Kier alpha value is -1.09. The molecule has 2 atom stereocenters. The van der Waals surface area contributed by atoms with Crippen LogP contribution in [0, 0.1) is 0 Å². The van der Waals surface area contributed by atoms with Crippen LogP contribution in [-0.2, 0) is 15.5 Å². The third-order valence-electron chi connectivity index (χ3n) is 4.68. The second kappa shape index (κ2) is 8.52. The van der Waals surface area contributed by atoms with Crippen LogP contribution in [0.25, 0.3) is 5.57 Å². The van der Waals surface area contributed by atoms with Gasteiger partial charge in [0.2, 0.25) is 0 Å². The van der Waals surface area contributed by atoms with Crippen molar-refractivity contribution in [1.82, 2.24) is 0 Å². The lowest BCUT2D eigenvalue weighted by molar-refractivity contribution is 0.198. The van der Waals surface area contributed by atoms with Gasteiger partial charge in [-0.1, -0.05) is 56.5 Å². The summed E-state index contributed by atoms with van der Waals surface area (Å²) < 4.78 is 18.4. The van der Waals surface area contributed by atoms with Crippen molar-refractivity contribution in [2.24, 2.45) is 0 Å². The molecule has 22 heavy (non-hydrogen) atoms. The smallest absolute Gasteiger partial charge is 0.104 e. The summed E-state index contributed by atoms with van der Waals surface area (Å²) in [4.78, 5) is 0. The molecule has 0 saturated carbocycles. The Morgan fingerprint density at radius 3 is 2.68 bits per heavy atom. The Kier molecular flexibility index (Phi) is 6.69. The van der Waals surface area contributed by atoms with Crippen LogP contribution in [0.3, 0.4) is 0 Å². The summed E-state index contributed by atoms with van der Waals surface area (Å²) in [6.45, 7) is 4.78. The van der Waals surface area contributed by atoms with Crippen LogP contribution in [0.2, 0.25) is 0 Å². The monoisotopic (exact) mass is 320 g/mol. The average molecular weight is 320 g/mol. The predicted molar refractivity (Wildman–Crippen MR) is 95.2 cm³/mol. The molecule has 2 rings (SSSR count). The minimum atomic E-state index is -0.779. The van der Waals surface area contributed by atoms with Gasteiger partial charge in [-0.05, 0) is 37.3 Å². The van der Waals surface area contributed by atoms with Gasteiger partial charge in [0.05, 0.1) is 11.0 Å². The first-order valence-corrected chi connectivity index (χ1v) is 9.72. The van der Waals surface area contributed by atoms with Gasteiger partial charge < -0.3 is 4.74 Å². The SMILES string of the molecule is CCC1(CO/C=C(/C)c2ccccc2)CCCCCCS1=O. The summed E-state index contributed by atoms with van der Waals surface area (Å²) >= 11 is 0. The summed E-state index contributed by atoms with van der Waals surface area (Å²) in [7, 11) is -0.779. The van der Waals surface area contributed by atoms with E-state index < -0.39 is 10.8 Å². The highest BCUT2D eigenvalue weighted by molar-refractivity contribution is 7.86. The summed E-state index contributed by atoms with van der Waals surface area (Å²) in [6, 6.07) is 10.2. The van der Waals surface area contributed by atoms with Crippen molar-refractivity contribution in [2.75, 3.05) is 12.4 Å². The molecule has 2 nitrogen and oxygen atoms in total. The minimum absolute atomic E-state index is 0.159. The van der Waals surface area contributed by atoms with Crippen molar-refractivity contribution in [1.29, 1.82) is 0 Å². The number of hydrogen-bond acceptors (Lipinski definition) is 2. The zero-order chi connectivity index (χ0) is 15.8. The van der Waals surface area contributed by atoms with Crippen molar-refractivity contribution in [2.45, 2.75) is 57.1 Å². The Bertz CT molecular complexity index is 509. The molecule has 0 amide bonds. The number of allylic oxidation sites excluding steroid dienone is 1. The fourth-order valence-electron chi connectivity index (χ4n) is 3.03. The molecule has 0 spiro atoms. The molecule has 0 aromatic heterocycles. The van der Waals surface area contributed by atoms with Gasteiger partial charge >= 0.3 is 0 Å². The van der Waals surface area contributed by atoms with E-state index in [9.17, 15) is 4.21 Å². The molecule has 1 aromatic carbocycles. The average Bonchev–Trinajstić information content (AvgIpc) is 2.55. The second-order valence-electron chi connectivity index (χ2n) is 6.23. The van der Waals surface area contributed by atoms with Crippen LogP contribution < -0.4 is 0 Å². The minimum Gasteiger partial charge on any atom is -0.499 e. The third-order valence-corrected chi connectivity index (χ3v) is 6.91. The number of benzene rings is 1. The fourth-order valence-corrected chi connectivity index (χ4v) is 4.82. The largest absolute Gasteiger partial charge is 0.499 e. The van der Waals surface area contributed by atoms with E-state index in [1.54, 1.807) is 0 Å². The second-order valence-corrected chi connectivity index (χ2v) is 8.19. The Balaban J connectivity index is 2.01. The Labute approximate surface area is 137 Å². The molecule has 0 radical (unpaired) electrons. The van der Waals surface area contributed by atoms with Crippen molar-refractivity contribution in [3.63, 3.8) is 0 Å². The number of ether oxygens (including phenoxy) is 1. The van der Waals surface area contributed by atoms with Crippen LogP contribution in [-0.4, -0.2) is 21.3 Å². The van der Waals surface area contributed by atoms with Crippen LogP contribution in [0.15, 0.2) is 36.6 Å². The molecule has 0 N–H and O–H groups in total. The predicted octanol–water partition coefficient (Wildman–Crippen LogP) is 4.93. The molecule has 1 saturated heterocycles. The highest BCUT2D eigenvalue weighted by atomic mass is 32.2. The number of rotatable bonds is 5. The molecule has 2 unspecified atom stereocenters. The molecular formula is C19H28O2S. The molecule has 1 aliphatic heterocycles. The van der Waals surface area contributed by atoms with Crippen molar-refractivity contribution >= 4 is 16.4 Å². The quantitative estimate of drug-likeness (QED) is 0.719. The highest BCUT2D eigenvalue weighted by Crippen LogP contribution is 2.30. The van der Waals surface area contributed by atoms with E-state index in [-0.39, 0.29) is 4.75 Å². The van der Waals surface area contributed by atoms with Crippen LogP contribution in [0.1, 0.15) is 57.9 Å². The Morgan fingerprint density at radius 2 is 1.95 bits per heavy atom. The summed E-state index contributed by atoms with van der Waals surface area (Å²) in [5.41, 5.74) is 2.29. The normalized spacial score (nSPS) is 27.0. The number of hydrogen-bond donors (Lipinski definition) is 0. The standard InChI is InChI=1S/C19H28O2S/c1-3-19(13-9-4-5-10-14-22(19)20)16-21-15-17(2)18-11-7-6-8-12-18/h6-8,11-12,15H,3-5,9-10,13-14,16H2,1-2H3/b17-15-. The van der Waals surface area contributed by atoms with E-state index in [4.69, 9.17) is 4.74 Å². The van der Waals surface area contributed by atoms with Gasteiger partial charge in [-0.2, -0.15) is 0 Å². The van der Waals surface area contributed by atoms with Crippen LogP contribution in [0.5, 0.6) is 0 Å².